The van der Waals surface area contributed by atoms with E-state index in [2.05, 4.69) is 0 Å². The number of halogens is 4. The third-order valence-corrected chi connectivity index (χ3v) is 1.96. The zero-order valence-electron chi connectivity index (χ0n) is 8.36. The van der Waals surface area contributed by atoms with Crippen LogP contribution in [0, 0.1) is 12.7 Å². The largest absolute Gasteiger partial charge is 0.405 e. The first-order chi connectivity index (χ1) is 7.31. The summed E-state index contributed by atoms with van der Waals surface area (Å²) in [5.41, 5.74) is -0.0635. The van der Waals surface area contributed by atoms with E-state index in [9.17, 15) is 22.4 Å². The van der Waals surface area contributed by atoms with E-state index in [0.29, 0.717) is 0 Å². The molecule has 0 bridgehead atoms. The lowest BCUT2D eigenvalue weighted by molar-refractivity contribution is -0.123. The summed E-state index contributed by atoms with van der Waals surface area (Å²) in [6.07, 6.45) is -4.48. The van der Waals surface area contributed by atoms with Gasteiger partial charge in [-0.25, -0.2) is 4.39 Å². The summed E-state index contributed by atoms with van der Waals surface area (Å²) >= 11 is 0. The molecule has 0 heterocycles. The van der Waals surface area contributed by atoms with E-state index in [1.165, 1.54) is 19.1 Å². The molecule has 0 aliphatic carbocycles. The van der Waals surface area contributed by atoms with Gasteiger partial charge >= 0.3 is 6.18 Å². The molecular weight excluding hydrogens is 226 g/mol. The summed E-state index contributed by atoms with van der Waals surface area (Å²) in [6.45, 7) is -0.0976. The number of alkyl halides is 3. The number of carbonyl (C=O) groups is 1. The minimum atomic E-state index is -4.48. The maximum Gasteiger partial charge on any atom is 0.405 e. The highest BCUT2D eigenvalue weighted by Gasteiger charge is 2.28. The van der Waals surface area contributed by atoms with E-state index < -0.39 is 24.4 Å². The Hall–Kier alpha value is -1.59. The summed E-state index contributed by atoms with van der Waals surface area (Å²) in [6, 6.07) is 3.67. The van der Waals surface area contributed by atoms with Gasteiger partial charge in [0.25, 0.3) is 5.91 Å². The summed E-state index contributed by atoms with van der Waals surface area (Å²) in [5.74, 6) is -1.56. The van der Waals surface area contributed by atoms with Crippen molar-refractivity contribution in [3.05, 3.63) is 35.1 Å². The first-order valence-electron chi connectivity index (χ1n) is 4.41. The molecule has 0 aliphatic rings. The van der Waals surface area contributed by atoms with Crippen LogP contribution < -0.4 is 5.32 Å². The molecule has 0 radical (unpaired) electrons. The average Bonchev–Trinajstić information content (AvgIpc) is 2.17. The van der Waals surface area contributed by atoms with E-state index in [-0.39, 0.29) is 11.1 Å². The van der Waals surface area contributed by atoms with E-state index in [0.717, 1.165) is 6.07 Å². The van der Waals surface area contributed by atoms with Crippen molar-refractivity contribution < 1.29 is 22.4 Å². The normalized spacial score (nSPS) is 11.3. The maximum atomic E-state index is 13.0. The molecule has 0 atom stereocenters. The number of nitrogens with one attached hydrogen (secondary N) is 1. The molecule has 1 aromatic carbocycles. The Bertz CT molecular complexity index is 400. The second kappa shape index (κ2) is 4.51. The van der Waals surface area contributed by atoms with Crippen LogP contribution >= 0.6 is 0 Å². The fourth-order valence-electron chi connectivity index (χ4n) is 1.13. The Balaban J connectivity index is 2.78. The van der Waals surface area contributed by atoms with Gasteiger partial charge in [0.2, 0.25) is 0 Å². The van der Waals surface area contributed by atoms with Crippen LogP contribution in [0.25, 0.3) is 0 Å². The van der Waals surface area contributed by atoms with E-state index in [1.54, 1.807) is 5.32 Å². The van der Waals surface area contributed by atoms with Crippen molar-refractivity contribution in [3.8, 4) is 0 Å². The molecular formula is C10H9F4NO. The van der Waals surface area contributed by atoms with Gasteiger partial charge in [-0.1, -0.05) is 6.07 Å². The van der Waals surface area contributed by atoms with Gasteiger partial charge in [0.15, 0.2) is 0 Å². The molecule has 16 heavy (non-hydrogen) atoms. The van der Waals surface area contributed by atoms with Crippen molar-refractivity contribution in [1.82, 2.24) is 5.32 Å². The van der Waals surface area contributed by atoms with Gasteiger partial charge < -0.3 is 5.32 Å². The molecule has 6 heteroatoms. The molecule has 0 aliphatic heterocycles. The van der Waals surface area contributed by atoms with Crippen LogP contribution in [0.2, 0.25) is 0 Å². The molecule has 1 amide bonds. The second-order valence-corrected chi connectivity index (χ2v) is 3.21. The molecule has 0 spiro atoms. The molecule has 2 nitrogen and oxygen atoms in total. The average molecular weight is 235 g/mol. The molecule has 0 unspecified atom stereocenters. The fourth-order valence-corrected chi connectivity index (χ4v) is 1.13. The number of hydrogen-bond donors (Lipinski definition) is 1. The molecule has 1 N–H and O–H groups in total. The topological polar surface area (TPSA) is 29.1 Å². The maximum absolute atomic E-state index is 13.0. The van der Waals surface area contributed by atoms with Crippen LogP contribution in [0.3, 0.4) is 0 Å². The first-order valence-corrected chi connectivity index (χ1v) is 4.41. The highest BCUT2D eigenvalue weighted by atomic mass is 19.4. The van der Waals surface area contributed by atoms with Gasteiger partial charge in [0, 0.05) is 5.56 Å². The van der Waals surface area contributed by atoms with Gasteiger partial charge in [-0.05, 0) is 24.6 Å². The van der Waals surface area contributed by atoms with Crippen LogP contribution in [-0.2, 0) is 0 Å². The summed E-state index contributed by atoms with van der Waals surface area (Å²) in [7, 11) is 0. The quantitative estimate of drug-likeness (QED) is 0.783. The lowest BCUT2D eigenvalue weighted by Gasteiger charge is -2.10. The lowest BCUT2D eigenvalue weighted by Crippen LogP contribution is -2.34. The Morgan fingerprint density at radius 2 is 2.00 bits per heavy atom. The summed E-state index contributed by atoms with van der Waals surface area (Å²) < 4.78 is 48.5. The number of rotatable bonds is 2. The van der Waals surface area contributed by atoms with Crippen LogP contribution in [-0.4, -0.2) is 18.6 Å². The zero-order valence-corrected chi connectivity index (χ0v) is 8.36. The van der Waals surface area contributed by atoms with E-state index in [1.807, 2.05) is 0 Å². The highest BCUT2D eigenvalue weighted by molar-refractivity contribution is 5.95. The van der Waals surface area contributed by atoms with Gasteiger partial charge in [-0.3, -0.25) is 4.79 Å². The Kier molecular flexibility index (Phi) is 3.51. The third-order valence-electron chi connectivity index (χ3n) is 1.96. The number of benzene rings is 1. The van der Waals surface area contributed by atoms with Crippen molar-refractivity contribution in [3.63, 3.8) is 0 Å². The monoisotopic (exact) mass is 235 g/mol. The van der Waals surface area contributed by atoms with Crippen LogP contribution in [0.1, 0.15) is 15.9 Å². The SMILES string of the molecule is Cc1c(F)cccc1C(=O)NCC(F)(F)F. The molecule has 0 saturated carbocycles. The third kappa shape index (κ3) is 3.22. The van der Waals surface area contributed by atoms with Crippen LogP contribution in [0.15, 0.2) is 18.2 Å². The van der Waals surface area contributed by atoms with Gasteiger partial charge in [-0.2, -0.15) is 13.2 Å². The van der Waals surface area contributed by atoms with E-state index >= 15 is 0 Å². The van der Waals surface area contributed by atoms with Crippen molar-refractivity contribution in [2.75, 3.05) is 6.54 Å². The van der Waals surface area contributed by atoms with Crippen molar-refractivity contribution in [2.45, 2.75) is 13.1 Å². The lowest BCUT2D eigenvalue weighted by atomic mass is 10.1. The summed E-state index contributed by atoms with van der Waals surface area (Å²) in [5, 5.41) is 1.68. The molecule has 1 aromatic rings. The van der Waals surface area contributed by atoms with Gasteiger partial charge in [0.05, 0.1) is 0 Å². The minimum Gasteiger partial charge on any atom is -0.343 e. The Morgan fingerprint density at radius 3 is 2.56 bits per heavy atom. The standard InChI is InChI=1S/C10H9F4NO/c1-6-7(3-2-4-8(6)11)9(16)15-5-10(12,13)14/h2-4H,5H2,1H3,(H,15,16). The van der Waals surface area contributed by atoms with Crippen LogP contribution in [0.4, 0.5) is 17.6 Å². The van der Waals surface area contributed by atoms with E-state index in [4.69, 9.17) is 0 Å². The molecule has 1 rings (SSSR count). The number of carbonyl (C=O) groups excluding carboxylic acids is 1. The second-order valence-electron chi connectivity index (χ2n) is 3.21. The zero-order chi connectivity index (χ0) is 12.3. The van der Waals surface area contributed by atoms with Gasteiger partial charge in [-0.15, -0.1) is 0 Å². The fraction of sp³-hybridized carbons (Fsp3) is 0.300. The smallest absolute Gasteiger partial charge is 0.343 e. The van der Waals surface area contributed by atoms with Crippen molar-refractivity contribution >= 4 is 5.91 Å². The number of amides is 1. The summed E-state index contributed by atoms with van der Waals surface area (Å²) in [4.78, 5) is 11.3. The van der Waals surface area contributed by atoms with Gasteiger partial charge in [0.1, 0.15) is 12.4 Å². The Morgan fingerprint density at radius 1 is 1.38 bits per heavy atom. The van der Waals surface area contributed by atoms with Crippen molar-refractivity contribution in [2.24, 2.45) is 0 Å². The van der Waals surface area contributed by atoms with Crippen LogP contribution in [0.5, 0.6) is 0 Å². The predicted molar refractivity (Wildman–Crippen MR) is 49.5 cm³/mol. The molecule has 0 aromatic heterocycles. The van der Waals surface area contributed by atoms with Crippen molar-refractivity contribution in [1.29, 1.82) is 0 Å². The minimum absolute atomic E-state index is 0.0298. The molecule has 88 valence electrons. The first kappa shape index (κ1) is 12.5. The Labute approximate surface area is 89.3 Å². The highest BCUT2D eigenvalue weighted by Crippen LogP contribution is 2.14. The predicted octanol–water partition coefficient (Wildman–Crippen LogP) is 2.43. The number of hydrogen-bond acceptors (Lipinski definition) is 1. The molecule has 0 fully saturated rings. The molecule has 0 saturated heterocycles.